The minimum absolute atomic E-state index is 0.0162. The van der Waals surface area contributed by atoms with Gasteiger partial charge in [-0.1, -0.05) is 18.7 Å². The van der Waals surface area contributed by atoms with E-state index in [9.17, 15) is 14.4 Å². The number of carbonyl (C=O) groups is 3. The summed E-state index contributed by atoms with van der Waals surface area (Å²) in [6.07, 6.45) is 2.47. The smallest absolute Gasteiger partial charge is 0.343 e. The Bertz CT molecular complexity index is 840. The van der Waals surface area contributed by atoms with Crippen LogP contribution in [0.2, 0.25) is 0 Å². The maximum Gasteiger partial charge on any atom is 0.343 e. The molecule has 0 saturated carbocycles. The molecule has 0 aromatic heterocycles. The number of aromatic carboxylic acids is 1. The lowest BCUT2D eigenvalue weighted by atomic mass is 10.2. The summed E-state index contributed by atoms with van der Waals surface area (Å²) in [5, 5.41) is 9.12. The lowest BCUT2D eigenvalue weighted by Gasteiger charge is -2.09. The first kappa shape index (κ1) is 20.7. The zero-order valence-electron chi connectivity index (χ0n) is 15.1. The molecule has 0 amide bonds. The van der Waals surface area contributed by atoms with E-state index in [2.05, 4.69) is 6.58 Å². The molecule has 7 nitrogen and oxygen atoms in total. The normalized spacial score (nSPS) is 10.0. The van der Waals surface area contributed by atoms with Crippen molar-refractivity contribution >= 4 is 17.9 Å². The van der Waals surface area contributed by atoms with Crippen LogP contribution in [-0.4, -0.2) is 36.2 Å². The van der Waals surface area contributed by atoms with Gasteiger partial charge in [0.05, 0.1) is 18.8 Å². The van der Waals surface area contributed by atoms with Gasteiger partial charge in [0.25, 0.3) is 0 Å². The fourth-order valence-corrected chi connectivity index (χ4v) is 2.20. The number of rotatable bonds is 10. The van der Waals surface area contributed by atoms with Gasteiger partial charge in [-0.3, -0.25) is 0 Å². The van der Waals surface area contributed by atoms with Crippen LogP contribution >= 0.6 is 0 Å². The summed E-state index contributed by atoms with van der Waals surface area (Å²) >= 11 is 0. The third kappa shape index (κ3) is 6.28. The van der Waals surface area contributed by atoms with Gasteiger partial charge >= 0.3 is 17.9 Å². The van der Waals surface area contributed by atoms with Crippen molar-refractivity contribution in [2.75, 3.05) is 13.2 Å². The standard InChI is InChI=1S/C21H20O7/c1-2-19(22)27-14-6-5-13-26-16-11-9-15(10-12-16)21(25)28-18-8-4-3-7-17(18)20(23)24/h2-4,7-12H,1,5-6,13-14H2,(H,23,24). The summed E-state index contributed by atoms with van der Waals surface area (Å²) in [6.45, 7) is 4.05. The second-order valence-corrected chi connectivity index (χ2v) is 5.64. The predicted octanol–water partition coefficient (Wildman–Crippen LogP) is 3.49. The number of benzene rings is 2. The molecule has 7 heteroatoms. The van der Waals surface area contributed by atoms with E-state index >= 15 is 0 Å². The second kappa shape index (κ2) is 10.5. The topological polar surface area (TPSA) is 99.1 Å². The van der Waals surface area contributed by atoms with E-state index in [-0.39, 0.29) is 16.9 Å². The van der Waals surface area contributed by atoms with Gasteiger partial charge in [0.15, 0.2) is 0 Å². The highest BCUT2D eigenvalue weighted by Crippen LogP contribution is 2.20. The highest BCUT2D eigenvalue weighted by atomic mass is 16.5. The summed E-state index contributed by atoms with van der Waals surface area (Å²) in [5.41, 5.74) is 0.179. The number of unbranched alkanes of at least 4 members (excludes halogenated alkanes) is 1. The second-order valence-electron chi connectivity index (χ2n) is 5.64. The fourth-order valence-electron chi connectivity index (χ4n) is 2.20. The summed E-state index contributed by atoms with van der Waals surface area (Å²) in [7, 11) is 0. The molecule has 0 radical (unpaired) electrons. The van der Waals surface area contributed by atoms with E-state index in [4.69, 9.17) is 19.3 Å². The quantitative estimate of drug-likeness (QED) is 0.290. The van der Waals surface area contributed by atoms with Crippen LogP contribution in [0.4, 0.5) is 0 Å². The fraction of sp³-hybridized carbons (Fsp3) is 0.190. The molecule has 146 valence electrons. The van der Waals surface area contributed by atoms with Gasteiger partial charge in [-0.2, -0.15) is 0 Å². The van der Waals surface area contributed by atoms with Crippen molar-refractivity contribution in [2.24, 2.45) is 0 Å². The molecule has 0 unspecified atom stereocenters. The maximum absolute atomic E-state index is 12.2. The number of carboxylic acids is 1. The molecular weight excluding hydrogens is 364 g/mol. The Labute approximate surface area is 162 Å². The van der Waals surface area contributed by atoms with Crippen molar-refractivity contribution < 1.29 is 33.7 Å². The van der Waals surface area contributed by atoms with E-state index in [0.29, 0.717) is 31.8 Å². The molecule has 1 N–H and O–H groups in total. The van der Waals surface area contributed by atoms with Gasteiger partial charge in [0.2, 0.25) is 0 Å². The number of hydrogen-bond acceptors (Lipinski definition) is 6. The zero-order valence-corrected chi connectivity index (χ0v) is 15.1. The molecule has 0 saturated heterocycles. The first-order chi connectivity index (χ1) is 13.5. The molecule has 2 aromatic rings. The summed E-state index contributed by atoms with van der Waals surface area (Å²) < 4.78 is 15.6. The van der Waals surface area contributed by atoms with Gasteiger partial charge in [-0.15, -0.1) is 0 Å². The van der Waals surface area contributed by atoms with E-state index in [1.165, 1.54) is 24.3 Å². The Morgan fingerprint density at radius 3 is 2.32 bits per heavy atom. The largest absolute Gasteiger partial charge is 0.494 e. The predicted molar refractivity (Wildman–Crippen MR) is 101 cm³/mol. The van der Waals surface area contributed by atoms with E-state index in [1.807, 2.05) is 0 Å². The van der Waals surface area contributed by atoms with Gasteiger partial charge in [0, 0.05) is 6.08 Å². The number of ether oxygens (including phenoxy) is 3. The summed E-state index contributed by atoms with van der Waals surface area (Å²) in [4.78, 5) is 34.3. The number of carbonyl (C=O) groups excluding carboxylic acids is 2. The number of esters is 2. The molecular formula is C21H20O7. The van der Waals surface area contributed by atoms with Crippen LogP contribution in [0.25, 0.3) is 0 Å². The van der Waals surface area contributed by atoms with Crippen LogP contribution in [0.3, 0.4) is 0 Å². The molecule has 0 aliphatic carbocycles. The SMILES string of the molecule is C=CC(=O)OCCCCOc1ccc(C(=O)Oc2ccccc2C(=O)O)cc1. The van der Waals surface area contributed by atoms with Crippen molar-refractivity contribution in [2.45, 2.75) is 12.8 Å². The molecule has 2 aromatic carbocycles. The average molecular weight is 384 g/mol. The minimum atomic E-state index is -1.17. The van der Waals surface area contributed by atoms with Crippen LogP contribution in [0.1, 0.15) is 33.6 Å². The Morgan fingerprint density at radius 1 is 0.964 bits per heavy atom. The van der Waals surface area contributed by atoms with Crippen LogP contribution in [0.5, 0.6) is 11.5 Å². The van der Waals surface area contributed by atoms with Gasteiger partial charge < -0.3 is 19.3 Å². The Hall–Kier alpha value is -3.61. The Kier molecular flexibility index (Phi) is 7.77. The Morgan fingerprint density at radius 2 is 1.64 bits per heavy atom. The lowest BCUT2D eigenvalue weighted by molar-refractivity contribution is -0.137. The summed E-state index contributed by atoms with van der Waals surface area (Å²) in [6, 6.07) is 12.2. The van der Waals surface area contributed by atoms with Crippen molar-refractivity contribution in [3.8, 4) is 11.5 Å². The number of hydrogen-bond donors (Lipinski definition) is 1. The van der Waals surface area contributed by atoms with Crippen molar-refractivity contribution in [3.05, 3.63) is 72.3 Å². The molecule has 0 aliphatic heterocycles. The molecule has 0 aliphatic rings. The molecule has 0 fully saturated rings. The molecule has 0 spiro atoms. The number of para-hydroxylation sites is 1. The third-order valence-corrected chi connectivity index (χ3v) is 3.63. The van der Waals surface area contributed by atoms with Crippen LogP contribution in [0.15, 0.2) is 61.2 Å². The van der Waals surface area contributed by atoms with Crippen molar-refractivity contribution in [1.29, 1.82) is 0 Å². The molecule has 0 atom stereocenters. The van der Waals surface area contributed by atoms with Gasteiger partial charge in [-0.25, -0.2) is 14.4 Å². The van der Waals surface area contributed by atoms with Gasteiger partial charge in [-0.05, 0) is 49.2 Å². The van der Waals surface area contributed by atoms with Crippen LogP contribution in [0, 0.1) is 0 Å². The monoisotopic (exact) mass is 384 g/mol. The van der Waals surface area contributed by atoms with Crippen LogP contribution in [-0.2, 0) is 9.53 Å². The average Bonchev–Trinajstić information content (AvgIpc) is 2.71. The zero-order chi connectivity index (χ0) is 20.4. The lowest BCUT2D eigenvalue weighted by Crippen LogP contribution is -2.11. The van der Waals surface area contributed by atoms with Gasteiger partial charge in [0.1, 0.15) is 17.1 Å². The highest BCUT2D eigenvalue weighted by Gasteiger charge is 2.15. The third-order valence-electron chi connectivity index (χ3n) is 3.63. The highest BCUT2D eigenvalue weighted by molar-refractivity contribution is 5.95. The van der Waals surface area contributed by atoms with Crippen molar-refractivity contribution in [3.63, 3.8) is 0 Å². The maximum atomic E-state index is 12.2. The molecule has 28 heavy (non-hydrogen) atoms. The summed E-state index contributed by atoms with van der Waals surface area (Å²) in [5.74, 6) is -1.73. The Balaban J connectivity index is 1.82. The first-order valence-corrected chi connectivity index (χ1v) is 8.58. The van der Waals surface area contributed by atoms with E-state index in [1.54, 1.807) is 24.3 Å². The number of carboxylic acid groups (broad SMARTS) is 1. The minimum Gasteiger partial charge on any atom is -0.494 e. The molecule has 0 bridgehead atoms. The van der Waals surface area contributed by atoms with E-state index in [0.717, 1.165) is 6.08 Å². The van der Waals surface area contributed by atoms with Crippen LogP contribution < -0.4 is 9.47 Å². The van der Waals surface area contributed by atoms with Crippen molar-refractivity contribution in [1.82, 2.24) is 0 Å². The first-order valence-electron chi connectivity index (χ1n) is 8.58. The molecule has 2 rings (SSSR count). The molecule has 0 heterocycles. The van der Waals surface area contributed by atoms with E-state index < -0.39 is 17.9 Å².